The maximum Gasteiger partial charge on any atom is 0.147 e. The average Bonchev–Trinajstić information content (AvgIpc) is 2.81. The van der Waals surface area contributed by atoms with E-state index in [1.165, 1.54) is 12.8 Å². The summed E-state index contributed by atoms with van der Waals surface area (Å²) in [7, 11) is 0. The Morgan fingerprint density at radius 3 is 2.94 bits per heavy atom. The molecule has 1 unspecified atom stereocenters. The molecule has 1 atom stereocenters. The highest BCUT2D eigenvalue weighted by atomic mass is 35.5. The van der Waals surface area contributed by atoms with E-state index >= 15 is 0 Å². The number of hydrogen-bond acceptors (Lipinski definition) is 3. The van der Waals surface area contributed by atoms with Crippen LogP contribution in [0.5, 0.6) is 0 Å². The van der Waals surface area contributed by atoms with Crippen LogP contribution in [0.3, 0.4) is 0 Å². The molecule has 0 aromatic carbocycles. The SMILES string of the molecule is CCCN(CC1CCCN1)c1ncc(Cl)cc1Cl. The van der Waals surface area contributed by atoms with Gasteiger partial charge in [0, 0.05) is 25.3 Å². The van der Waals surface area contributed by atoms with E-state index in [1.807, 2.05) is 0 Å². The first-order valence-corrected chi connectivity index (χ1v) is 7.25. The highest BCUT2D eigenvalue weighted by molar-refractivity contribution is 6.36. The van der Waals surface area contributed by atoms with E-state index in [2.05, 4.69) is 22.1 Å². The van der Waals surface area contributed by atoms with Crippen molar-refractivity contribution >= 4 is 29.0 Å². The van der Waals surface area contributed by atoms with Gasteiger partial charge in [0.2, 0.25) is 0 Å². The molecule has 0 radical (unpaired) electrons. The summed E-state index contributed by atoms with van der Waals surface area (Å²) < 4.78 is 0. The van der Waals surface area contributed by atoms with Gasteiger partial charge in [-0.3, -0.25) is 0 Å². The Morgan fingerprint density at radius 2 is 2.33 bits per heavy atom. The lowest BCUT2D eigenvalue weighted by molar-refractivity contribution is 0.575. The molecule has 1 aliphatic rings. The molecule has 0 saturated carbocycles. The van der Waals surface area contributed by atoms with Crippen LogP contribution in [0.4, 0.5) is 5.82 Å². The van der Waals surface area contributed by atoms with E-state index < -0.39 is 0 Å². The van der Waals surface area contributed by atoms with Gasteiger partial charge >= 0.3 is 0 Å². The zero-order valence-corrected chi connectivity index (χ0v) is 12.1. The fourth-order valence-corrected chi connectivity index (χ4v) is 2.87. The lowest BCUT2D eigenvalue weighted by atomic mass is 10.2. The molecule has 0 bridgehead atoms. The summed E-state index contributed by atoms with van der Waals surface area (Å²) in [6, 6.07) is 2.31. The second-order valence-corrected chi connectivity index (χ2v) is 5.54. The van der Waals surface area contributed by atoms with Crippen LogP contribution in [-0.2, 0) is 0 Å². The predicted molar refractivity (Wildman–Crippen MR) is 77.8 cm³/mol. The van der Waals surface area contributed by atoms with Gasteiger partial charge in [-0.05, 0) is 31.9 Å². The van der Waals surface area contributed by atoms with Crippen LogP contribution in [-0.4, -0.2) is 30.7 Å². The van der Waals surface area contributed by atoms with E-state index in [1.54, 1.807) is 12.3 Å². The van der Waals surface area contributed by atoms with Gasteiger partial charge in [-0.15, -0.1) is 0 Å². The molecule has 0 spiro atoms. The summed E-state index contributed by atoms with van der Waals surface area (Å²) in [4.78, 5) is 6.62. The van der Waals surface area contributed by atoms with Gasteiger partial charge < -0.3 is 10.2 Å². The largest absolute Gasteiger partial charge is 0.354 e. The van der Waals surface area contributed by atoms with Crippen molar-refractivity contribution in [3.63, 3.8) is 0 Å². The van der Waals surface area contributed by atoms with Gasteiger partial charge in [0.15, 0.2) is 0 Å². The minimum Gasteiger partial charge on any atom is -0.354 e. The van der Waals surface area contributed by atoms with Crippen LogP contribution >= 0.6 is 23.2 Å². The van der Waals surface area contributed by atoms with E-state index in [4.69, 9.17) is 23.2 Å². The highest BCUT2D eigenvalue weighted by Gasteiger charge is 2.20. The van der Waals surface area contributed by atoms with Gasteiger partial charge in [0.1, 0.15) is 5.82 Å². The Labute approximate surface area is 118 Å². The maximum absolute atomic E-state index is 6.24. The van der Waals surface area contributed by atoms with Crippen molar-refractivity contribution in [1.82, 2.24) is 10.3 Å². The van der Waals surface area contributed by atoms with Crippen LogP contribution in [0.25, 0.3) is 0 Å². The topological polar surface area (TPSA) is 28.2 Å². The normalized spacial score (nSPS) is 19.2. The lowest BCUT2D eigenvalue weighted by Crippen LogP contribution is -2.38. The number of anilines is 1. The molecule has 1 saturated heterocycles. The minimum absolute atomic E-state index is 0.546. The summed E-state index contributed by atoms with van der Waals surface area (Å²) in [5, 5.41) is 4.72. The van der Waals surface area contributed by atoms with Gasteiger partial charge in [0.25, 0.3) is 0 Å². The van der Waals surface area contributed by atoms with Crippen molar-refractivity contribution in [2.24, 2.45) is 0 Å². The molecular formula is C13H19Cl2N3. The number of nitrogens with zero attached hydrogens (tertiary/aromatic N) is 2. The number of nitrogens with one attached hydrogen (secondary N) is 1. The van der Waals surface area contributed by atoms with Crippen LogP contribution in [0.15, 0.2) is 12.3 Å². The Kier molecular flexibility index (Phi) is 5.10. The quantitative estimate of drug-likeness (QED) is 0.900. The van der Waals surface area contributed by atoms with Gasteiger partial charge in [-0.25, -0.2) is 4.98 Å². The third-order valence-corrected chi connectivity index (χ3v) is 3.67. The minimum atomic E-state index is 0.546. The number of halogens is 2. The molecule has 100 valence electrons. The molecule has 3 nitrogen and oxygen atoms in total. The van der Waals surface area contributed by atoms with E-state index in [9.17, 15) is 0 Å². The van der Waals surface area contributed by atoms with E-state index in [0.717, 1.165) is 31.9 Å². The third kappa shape index (κ3) is 3.50. The predicted octanol–water partition coefficient (Wildman–Crippen LogP) is 3.36. The van der Waals surface area contributed by atoms with E-state index in [-0.39, 0.29) is 0 Å². The standard InChI is InChI=1S/C13H19Cl2N3/c1-2-6-18(9-11-4-3-5-16-11)13-12(15)7-10(14)8-17-13/h7-8,11,16H,2-6,9H2,1H3. The molecule has 5 heteroatoms. The molecule has 1 aliphatic heterocycles. The molecule has 2 rings (SSSR count). The first-order valence-electron chi connectivity index (χ1n) is 6.50. The maximum atomic E-state index is 6.24. The Hall–Kier alpha value is -0.510. The summed E-state index contributed by atoms with van der Waals surface area (Å²) in [6.45, 7) is 5.21. The van der Waals surface area contributed by atoms with Gasteiger partial charge in [-0.2, -0.15) is 0 Å². The van der Waals surface area contributed by atoms with Gasteiger partial charge in [-0.1, -0.05) is 30.1 Å². The van der Waals surface area contributed by atoms with Crippen LogP contribution in [0.2, 0.25) is 10.0 Å². The molecule has 1 aromatic heterocycles. The third-order valence-electron chi connectivity index (χ3n) is 3.18. The second kappa shape index (κ2) is 6.60. The molecule has 1 fully saturated rings. The first-order chi connectivity index (χ1) is 8.70. The van der Waals surface area contributed by atoms with Crippen LogP contribution < -0.4 is 10.2 Å². The molecule has 0 aliphatic carbocycles. The van der Waals surface area contributed by atoms with Gasteiger partial charge in [0.05, 0.1) is 10.0 Å². The second-order valence-electron chi connectivity index (χ2n) is 4.70. The highest BCUT2D eigenvalue weighted by Crippen LogP contribution is 2.26. The van der Waals surface area contributed by atoms with Crippen molar-refractivity contribution in [3.05, 3.63) is 22.3 Å². The molecular weight excluding hydrogens is 269 g/mol. The smallest absolute Gasteiger partial charge is 0.147 e. The first kappa shape index (κ1) is 13.9. The monoisotopic (exact) mass is 287 g/mol. The van der Waals surface area contributed by atoms with E-state index in [0.29, 0.717) is 16.1 Å². The van der Waals surface area contributed by atoms with Crippen molar-refractivity contribution in [1.29, 1.82) is 0 Å². The van der Waals surface area contributed by atoms with Crippen molar-refractivity contribution in [2.45, 2.75) is 32.2 Å². The summed E-state index contributed by atoms with van der Waals surface area (Å²) >= 11 is 12.1. The zero-order chi connectivity index (χ0) is 13.0. The molecule has 0 amide bonds. The molecule has 1 N–H and O–H groups in total. The number of aromatic nitrogens is 1. The van der Waals surface area contributed by atoms with Crippen molar-refractivity contribution in [3.8, 4) is 0 Å². The Bertz CT molecular complexity index is 392. The molecule has 2 heterocycles. The van der Waals surface area contributed by atoms with Crippen molar-refractivity contribution < 1.29 is 0 Å². The number of pyridine rings is 1. The molecule has 1 aromatic rings. The van der Waals surface area contributed by atoms with Crippen LogP contribution in [0, 0.1) is 0 Å². The average molecular weight is 288 g/mol. The van der Waals surface area contributed by atoms with Crippen molar-refractivity contribution in [2.75, 3.05) is 24.5 Å². The number of rotatable bonds is 5. The summed E-state index contributed by atoms with van der Waals surface area (Å²) in [6.07, 6.45) is 5.22. The Balaban J connectivity index is 2.12. The lowest BCUT2D eigenvalue weighted by Gasteiger charge is -2.27. The summed E-state index contributed by atoms with van der Waals surface area (Å²) in [5.74, 6) is 0.844. The fraction of sp³-hybridized carbons (Fsp3) is 0.615. The molecule has 18 heavy (non-hydrogen) atoms. The van der Waals surface area contributed by atoms with Crippen LogP contribution in [0.1, 0.15) is 26.2 Å². The number of hydrogen-bond donors (Lipinski definition) is 1. The zero-order valence-electron chi connectivity index (χ0n) is 10.6. The summed E-state index contributed by atoms with van der Waals surface area (Å²) in [5.41, 5.74) is 0. The Morgan fingerprint density at radius 1 is 1.50 bits per heavy atom. The fourth-order valence-electron chi connectivity index (χ4n) is 2.37.